The number of aryl methyl sites for hydroxylation is 1. The summed E-state index contributed by atoms with van der Waals surface area (Å²) in [6.07, 6.45) is 1.59. The highest BCUT2D eigenvalue weighted by molar-refractivity contribution is 6.31. The van der Waals surface area contributed by atoms with Crippen LogP contribution in [0.2, 0.25) is 5.02 Å². The number of hydrogen-bond donors (Lipinski definition) is 1. The SMILES string of the molecule is Cc1cc(NCc2ccccc2Cl)n2nc(-c3ccco3)nc2n1. The van der Waals surface area contributed by atoms with Gasteiger partial charge in [0.25, 0.3) is 5.78 Å². The fraction of sp³-hybridized carbons (Fsp3) is 0.118. The highest BCUT2D eigenvalue weighted by atomic mass is 35.5. The molecule has 6 nitrogen and oxygen atoms in total. The molecule has 0 atom stereocenters. The summed E-state index contributed by atoms with van der Waals surface area (Å²) in [5.41, 5.74) is 1.86. The predicted octanol–water partition coefficient (Wildman–Crippen LogP) is 3.96. The van der Waals surface area contributed by atoms with Gasteiger partial charge in [0, 0.05) is 23.3 Å². The van der Waals surface area contributed by atoms with Gasteiger partial charge in [-0.2, -0.15) is 9.50 Å². The number of anilines is 1. The van der Waals surface area contributed by atoms with Crippen molar-refractivity contribution in [2.24, 2.45) is 0 Å². The summed E-state index contributed by atoms with van der Waals surface area (Å²) >= 11 is 6.21. The molecule has 0 aliphatic rings. The molecule has 0 bridgehead atoms. The van der Waals surface area contributed by atoms with Crippen LogP contribution in [0.4, 0.5) is 5.82 Å². The van der Waals surface area contributed by atoms with Gasteiger partial charge < -0.3 is 9.73 Å². The number of rotatable bonds is 4. The molecule has 3 aromatic heterocycles. The summed E-state index contributed by atoms with van der Waals surface area (Å²) in [5, 5.41) is 8.56. The molecule has 0 aliphatic heterocycles. The number of furan rings is 1. The van der Waals surface area contributed by atoms with E-state index in [0.717, 1.165) is 22.1 Å². The molecule has 0 saturated heterocycles. The zero-order chi connectivity index (χ0) is 16.5. The lowest BCUT2D eigenvalue weighted by molar-refractivity contribution is 0.577. The molecule has 0 saturated carbocycles. The van der Waals surface area contributed by atoms with Crippen LogP contribution < -0.4 is 5.32 Å². The lowest BCUT2D eigenvalue weighted by Gasteiger charge is -2.09. The second kappa shape index (κ2) is 5.98. The van der Waals surface area contributed by atoms with Gasteiger partial charge in [-0.1, -0.05) is 29.8 Å². The first-order chi connectivity index (χ1) is 11.7. The first kappa shape index (κ1) is 14.7. The zero-order valence-electron chi connectivity index (χ0n) is 12.9. The smallest absolute Gasteiger partial charge is 0.254 e. The van der Waals surface area contributed by atoms with Gasteiger partial charge in [-0.25, -0.2) is 4.98 Å². The monoisotopic (exact) mass is 339 g/mol. The third-order valence-corrected chi connectivity index (χ3v) is 3.97. The topological polar surface area (TPSA) is 68.2 Å². The van der Waals surface area contributed by atoms with Gasteiger partial charge in [0.1, 0.15) is 5.82 Å². The van der Waals surface area contributed by atoms with E-state index < -0.39 is 0 Å². The largest absolute Gasteiger partial charge is 0.461 e. The van der Waals surface area contributed by atoms with Crippen molar-refractivity contribution in [3.05, 3.63) is 65.0 Å². The van der Waals surface area contributed by atoms with Crippen LogP contribution in [0.25, 0.3) is 17.4 Å². The summed E-state index contributed by atoms with van der Waals surface area (Å²) in [7, 11) is 0. The van der Waals surface area contributed by atoms with Crippen molar-refractivity contribution in [1.29, 1.82) is 0 Å². The average Bonchev–Trinajstić information content (AvgIpc) is 3.22. The average molecular weight is 340 g/mol. The summed E-state index contributed by atoms with van der Waals surface area (Å²) in [6, 6.07) is 13.3. The molecular weight excluding hydrogens is 326 g/mol. The molecule has 0 amide bonds. The van der Waals surface area contributed by atoms with Crippen molar-refractivity contribution in [3.8, 4) is 11.6 Å². The first-order valence-corrected chi connectivity index (χ1v) is 7.84. The second-order valence-corrected chi connectivity index (χ2v) is 5.76. The first-order valence-electron chi connectivity index (χ1n) is 7.46. The highest BCUT2D eigenvalue weighted by Gasteiger charge is 2.13. The molecular formula is C17H14ClN5O. The maximum atomic E-state index is 6.21. The molecule has 1 aromatic carbocycles. The van der Waals surface area contributed by atoms with Crippen LogP contribution in [0, 0.1) is 6.92 Å². The molecule has 120 valence electrons. The fourth-order valence-electron chi connectivity index (χ4n) is 2.45. The van der Waals surface area contributed by atoms with Crippen molar-refractivity contribution in [2.45, 2.75) is 13.5 Å². The number of nitrogens with one attached hydrogen (secondary N) is 1. The molecule has 0 fully saturated rings. The molecule has 0 unspecified atom stereocenters. The molecule has 4 rings (SSSR count). The minimum Gasteiger partial charge on any atom is -0.461 e. The van der Waals surface area contributed by atoms with Crippen molar-refractivity contribution >= 4 is 23.2 Å². The standard InChI is InChI=1S/C17H14ClN5O/c1-11-9-15(19-10-12-5-2-3-6-13(12)18)23-17(20-11)21-16(22-23)14-7-4-8-24-14/h2-9,19H,10H2,1H3. The zero-order valence-corrected chi connectivity index (χ0v) is 13.7. The Bertz CT molecular complexity index is 994. The van der Waals surface area contributed by atoms with Crippen LogP contribution in [-0.4, -0.2) is 19.6 Å². The normalized spacial score (nSPS) is 11.1. The Labute approximate surface area is 143 Å². The predicted molar refractivity (Wildman–Crippen MR) is 92.0 cm³/mol. The van der Waals surface area contributed by atoms with E-state index in [0.29, 0.717) is 23.9 Å². The summed E-state index contributed by atoms with van der Waals surface area (Å²) < 4.78 is 7.03. The minimum absolute atomic E-state index is 0.499. The van der Waals surface area contributed by atoms with E-state index in [1.54, 1.807) is 16.8 Å². The van der Waals surface area contributed by atoms with Gasteiger partial charge >= 0.3 is 0 Å². The van der Waals surface area contributed by atoms with E-state index in [4.69, 9.17) is 16.0 Å². The van der Waals surface area contributed by atoms with Crippen molar-refractivity contribution in [2.75, 3.05) is 5.32 Å². The summed E-state index contributed by atoms with van der Waals surface area (Å²) in [6.45, 7) is 2.50. The summed E-state index contributed by atoms with van der Waals surface area (Å²) in [4.78, 5) is 8.85. The van der Waals surface area contributed by atoms with Gasteiger partial charge in [-0.05, 0) is 30.7 Å². The lowest BCUT2D eigenvalue weighted by atomic mass is 10.2. The van der Waals surface area contributed by atoms with Crippen LogP contribution in [0.3, 0.4) is 0 Å². The van der Waals surface area contributed by atoms with Gasteiger partial charge in [0.05, 0.1) is 6.26 Å². The van der Waals surface area contributed by atoms with Crippen LogP contribution in [0.5, 0.6) is 0 Å². The Morgan fingerprint density at radius 3 is 2.83 bits per heavy atom. The summed E-state index contributed by atoms with van der Waals surface area (Å²) in [5.74, 6) is 2.42. The van der Waals surface area contributed by atoms with E-state index in [-0.39, 0.29) is 0 Å². The molecule has 0 radical (unpaired) electrons. The van der Waals surface area contributed by atoms with Gasteiger partial charge in [-0.15, -0.1) is 5.10 Å². The molecule has 7 heteroatoms. The molecule has 0 aliphatic carbocycles. The van der Waals surface area contributed by atoms with Crippen molar-refractivity contribution < 1.29 is 4.42 Å². The van der Waals surface area contributed by atoms with E-state index in [1.807, 2.05) is 43.3 Å². The Morgan fingerprint density at radius 2 is 2.04 bits per heavy atom. The van der Waals surface area contributed by atoms with E-state index in [1.165, 1.54) is 0 Å². The molecule has 3 heterocycles. The van der Waals surface area contributed by atoms with Gasteiger partial charge in [0.15, 0.2) is 5.76 Å². The van der Waals surface area contributed by atoms with Crippen molar-refractivity contribution in [1.82, 2.24) is 19.6 Å². The maximum Gasteiger partial charge on any atom is 0.254 e. The van der Waals surface area contributed by atoms with E-state index in [2.05, 4.69) is 20.4 Å². The fourth-order valence-corrected chi connectivity index (χ4v) is 2.65. The van der Waals surface area contributed by atoms with Crippen LogP contribution in [0.15, 0.2) is 53.1 Å². The minimum atomic E-state index is 0.499. The highest BCUT2D eigenvalue weighted by Crippen LogP contribution is 2.20. The Hall–Kier alpha value is -2.86. The molecule has 1 N–H and O–H groups in total. The molecule has 0 spiro atoms. The Balaban J connectivity index is 1.70. The quantitative estimate of drug-likeness (QED) is 0.609. The van der Waals surface area contributed by atoms with E-state index >= 15 is 0 Å². The third-order valence-electron chi connectivity index (χ3n) is 3.60. The lowest BCUT2D eigenvalue weighted by Crippen LogP contribution is -2.07. The number of benzene rings is 1. The van der Waals surface area contributed by atoms with Crippen LogP contribution in [-0.2, 0) is 6.54 Å². The second-order valence-electron chi connectivity index (χ2n) is 5.35. The number of nitrogens with zero attached hydrogens (tertiary/aromatic N) is 4. The maximum absolute atomic E-state index is 6.21. The van der Waals surface area contributed by atoms with Gasteiger partial charge in [0.2, 0.25) is 5.82 Å². The number of hydrogen-bond acceptors (Lipinski definition) is 5. The van der Waals surface area contributed by atoms with E-state index in [9.17, 15) is 0 Å². The Morgan fingerprint density at radius 1 is 1.17 bits per heavy atom. The third kappa shape index (κ3) is 2.72. The van der Waals surface area contributed by atoms with Crippen LogP contribution in [0.1, 0.15) is 11.3 Å². The van der Waals surface area contributed by atoms with Crippen LogP contribution >= 0.6 is 11.6 Å². The molecule has 4 aromatic rings. The molecule has 24 heavy (non-hydrogen) atoms. The number of halogens is 1. The Kier molecular flexibility index (Phi) is 3.66. The van der Waals surface area contributed by atoms with Crippen molar-refractivity contribution in [3.63, 3.8) is 0 Å². The number of aromatic nitrogens is 4. The number of fused-ring (bicyclic) bond motifs is 1. The van der Waals surface area contributed by atoms with Gasteiger partial charge in [-0.3, -0.25) is 0 Å².